The van der Waals surface area contributed by atoms with Gasteiger partial charge in [-0.2, -0.15) is 0 Å². The van der Waals surface area contributed by atoms with Crippen LogP contribution in [0.1, 0.15) is 19.4 Å². The van der Waals surface area contributed by atoms with Crippen molar-refractivity contribution in [3.05, 3.63) is 29.1 Å². The van der Waals surface area contributed by atoms with Crippen molar-refractivity contribution < 1.29 is 13.2 Å². The largest absolute Gasteiger partial charge is 0.381 e. The summed E-state index contributed by atoms with van der Waals surface area (Å²) in [5.41, 5.74) is -0.369. The molecule has 76 valence electrons. The van der Waals surface area contributed by atoms with Crippen molar-refractivity contribution >= 4 is 5.69 Å². The second kappa shape index (κ2) is 2.65. The molecule has 1 aromatic rings. The van der Waals surface area contributed by atoms with Crippen LogP contribution in [0, 0.1) is 17.5 Å². The Hall–Kier alpha value is -1.19. The Bertz CT molecular complexity index is 399. The van der Waals surface area contributed by atoms with Crippen LogP contribution < -0.4 is 5.32 Å². The zero-order chi connectivity index (χ0) is 10.5. The van der Waals surface area contributed by atoms with Crippen LogP contribution in [-0.2, 0) is 5.41 Å². The van der Waals surface area contributed by atoms with E-state index >= 15 is 0 Å². The van der Waals surface area contributed by atoms with Crippen LogP contribution >= 0.6 is 0 Å². The monoisotopic (exact) mass is 201 g/mol. The molecule has 0 spiro atoms. The van der Waals surface area contributed by atoms with Crippen LogP contribution in [0.4, 0.5) is 18.9 Å². The summed E-state index contributed by atoms with van der Waals surface area (Å²) in [6.45, 7) is 3.90. The second-order valence-corrected chi connectivity index (χ2v) is 4.14. The van der Waals surface area contributed by atoms with Gasteiger partial charge in [0.1, 0.15) is 5.82 Å². The molecule has 1 aliphatic rings. The molecule has 1 aliphatic heterocycles. The summed E-state index contributed by atoms with van der Waals surface area (Å²) in [6, 6.07) is 0.572. The van der Waals surface area contributed by atoms with Crippen molar-refractivity contribution in [1.29, 1.82) is 0 Å². The molecule has 0 saturated carbocycles. The molecule has 1 aromatic carbocycles. The molecule has 1 heterocycles. The quantitative estimate of drug-likeness (QED) is 0.636. The summed E-state index contributed by atoms with van der Waals surface area (Å²) < 4.78 is 39.5. The van der Waals surface area contributed by atoms with Gasteiger partial charge in [-0.25, -0.2) is 13.2 Å². The molecule has 0 bridgehead atoms. The van der Waals surface area contributed by atoms with Crippen molar-refractivity contribution in [2.75, 3.05) is 11.9 Å². The van der Waals surface area contributed by atoms with E-state index in [9.17, 15) is 13.2 Å². The van der Waals surface area contributed by atoms with Gasteiger partial charge in [0.2, 0.25) is 0 Å². The highest BCUT2D eigenvalue weighted by Crippen LogP contribution is 2.40. The maximum atomic E-state index is 13.4. The molecule has 1 nitrogen and oxygen atoms in total. The first-order valence-electron chi connectivity index (χ1n) is 4.35. The Labute approximate surface area is 79.9 Å². The van der Waals surface area contributed by atoms with Crippen LogP contribution in [0.5, 0.6) is 0 Å². The molecule has 4 heteroatoms. The highest BCUT2D eigenvalue weighted by molar-refractivity contribution is 5.61. The van der Waals surface area contributed by atoms with E-state index in [4.69, 9.17) is 0 Å². The van der Waals surface area contributed by atoms with Gasteiger partial charge in [-0.3, -0.25) is 0 Å². The number of hydrogen-bond donors (Lipinski definition) is 1. The van der Waals surface area contributed by atoms with Gasteiger partial charge < -0.3 is 5.32 Å². The number of hydrogen-bond acceptors (Lipinski definition) is 1. The maximum Gasteiger partial charge on any atom is 0.164 e. The predicted molar refractivity (Wildman–Crippen MR) is 47.8 cm³/mol. The Kier molecular flexibility index (Phi) is 1.77. The zero-order valence-electron chi connectivity index (χ0n) is 7.92. The summed E-state index contributed by atoms with van der Waals surface area (Å²) in [7, 11) is 0. The third-order valence-corrected chi connectivity index (χ3v) is 2.56. The average Bonchev–Trinajstić information content (AvgIpc) is 2.38. The van der Waals surface area contributed by atoms with E-state index in [1.54, 1.807) is 13.8 Å². The average molecular weight is 201 g/mol. The van der Waals surface area contributed by atoms with Crippen LogP contribution in [-0.4, -0.2) is 6.54 Å². The van der Waals surface area contributed by atoms with E-state index in [0.29, 0.717) is 12.6 Å². The molecule has 0 radical (unpaired) electrons. The van der Waals surface area contributed by atoms with Crippen molar-refractivity contribution in [2.45, 2.75) is 19.3 Å². The van der Waals surface area contributed by atoms with Gasteiger partial charge in [0.25, 0.3) is 0 Å². The molecule has 0 saturated heterocycles. The fourth-order valence-electron chi connectivity index (χ4n) is 1.80. The number of fused-ring (bicyclic) bond motifs is 1. The first-order valence-corrected chi connectivity index (χ1v) is 4.35. The number of nitrogens with one attached hydrogen (secondary N) is 1. The molecular weight excluding hydrogens is 191 g/mol. The summed E-state index contributed by atoms with van der Waals surface area (Å²) in [6.07, 6.45) is 0. The number of rotatable bonds is 0. The minimum Gasteiger partial charge on any atom is -0.381 e. The van der Waals surface area contributed by atoms with Crippen LogP contribution in [0.15, 0.2) is 6.07 Å². The minimum absolute atomic E-state index is 0.0916. The van der Waals surface area contributed by atoms with E-state index in [1.807, 2.05) is 0 Å². The van der Waals surface area contributed by atoms with E-state index in [2.05, 4.69) is 5.32 Å². The zero-order valence-corrected chi connectivity index (χ0v) is 7.92. The molecule has 0 aromatic heterocycles. The third-order valence-electron chi connectivity index (χ3n) is 2.56. The van der Waals surface area contributed by atoms with Crippen molar-refractivity contribution in [3.63, 3.8) is 0 Å². The van der Waals surface area contributed by atoms with Gasteiger partial charge in [0.15, 0.2) is 11.6 Å². The second-order valence-electron chi connectivity index (χ2n) is 4.14. The number of anilines is 1. The van der Waals surface area contributed by atoms with Crippen LogP contribution in [0.2, 0.25) is 0 Å². The molecule has 14 heavy (non-hydrogen) atoms. The topological polar surface area (TPSA) is 12.0 Å². The predicted octanol–water partition coefficient (Wildman–Crippen LogP) is 2.81. The van der Waals surface area contributed by atoms with Gasteiger partial charge >= 0.3 is 0 Å². The lowest BCUT2D eigenvalue weighted by Crippen LogP contribution is -2.20. The summed E-state index contributed by atoms with van der Waals surface area (Å²) in [4.78, 5) is 0. The fourth-order valence-corrected chi connectivity index (χ4v) is 1.80. The Morgan fingerprint density at radius 2 is 1.86 bits per heavy atom. The molecule has 0 fully saturated rings. The van der Waals surface area contributed by atoms with E-state index in [-0.39, 0.29) is 11.3 Å². The summed E-state index contributed by atoms with van der Waals surface area (Å²) in [5.74, 6) is -2.81. The Morgan fingerprint density at radius 3 is 2.50 bits per heavy atom. The van der Waals surface area contributed by atoms with E-state index in [1.165, 1.54) is 0 Å². The Morgan fingerprint density at radius 1 is 1.21 bits per heavy atom. The molecule has 0 atom stereocenters. The highest BCUT2D eigenvalue weighted by Gasteiger charge is 2.36. The maximum absolute atomic E-state index is 13.4. The SMILES string of the molecule is CC1(C)CNc2c(F)cc(F)c(F)c21. The smallest absolute Gasteiger partial charge is 0.164 e. The van der Waals surface area contributed by atoms with Crippen molar-refractivity contribution in [1.82, 2.24) is 0 Å². The van der Waals surface area contributed by atoms with Gasteiger partial charge in [0, 0.05) is 23.6 Å². The van der Waals surface area contributed by atoms with E-state index < -0.39 is 22.9 Å². The van der Waals surface area contributed by atoms with Gasteiger partial charge in [-0.05, 0) is 0 Å². The van der Waals surface area contributed by atoms with Gasteiger partial charge in [-0.1, -0.05) is 13.8 Å². The van der Waals surface area contributed by atoms with Crippen molar-refractivity contribution in [3.8, 4) is 0 Å². The lowest BCUT2D eigenvalue weighted by Gasteiger charge is -2.17. The Balaban J connectivity index is 2.75. The van der Waals surface area contributed by atoms with Crippen molar-refractivity contribution in [2.24, 2.45) is 0 Å². The first-order chi connectivity index (χ1) is 6.43. The summed E-state index contributed by atoms with van der Waals surface area (Å²) >= 11 is 0. The molecule has 1 N–H and O–H groups in total. The first kappa shape index (κ1) is 9.37. The molecule has 0 aliphatic carbocycles. The lowest BCUT2D eigenvalue weighted by molar-refractivity contribution is 0.462. The fraction of sp³-hybridized carbons (Fsp3) is 0.400. The molecule has 0 amide bonds. The normalized spacial score (nSPS) is 17.8. The summed E-state index contributed by atoms with van der Waals surface area (Å²) in [5, 5.41) is 2.75. The highest BCUT2D eigenvalue weighted by atomic mass is 19.2. The lowest BCUT2D eigenvalue weighted by atomic mass is 9.86. The van der Waals surface area contributed by atoms with Gasteiger partial charge in [0.05, 0.1) is 5.69 Å². The number of benzene rings is 1. The van der Waals surface area contributed by atoms with E-state index in [0.717, 1.165) is 0 Å². The third kappa shape index (κ3) is 1.10. The van der Waals surface area contributed by atoms with Gasteiger partial charge in [-0.15, -0.1) is 0 Å². The number of halogens is 3. The van der Waals surface area contributed by atoms with Crippen LogP contribution in [0.25, 0.3) is 0 Å². The standard InChI is InChI=1S/C10H10F3N/c1-10(2)4-14-9-6(12)3-5(11)8(13)7(9)10/h3,14H,4H2,1-2H3. The molecule has 2 rings (SSSR count). The molecular formula is C10H10F3N. The molecule has 0 unspecified atom stereocenters. The minimum atomic E-state index is -1.13. The van der Waals surface area contributed by atoms with Crippen LogP contribution in [0.3, 0.4) is 0 Å².